The van der Waals surface area contributed by atoms with E-state index in [0.29, 0.717) is 11.6 Å². The third kappa shape index (κ3) is 5.87. The van der Waals surface area contributed by atoms with Crippen molar-refractivity contribution in [3.8, 4) is 5.75 Å². The van der Waals surface area contributed by atoms with Crippen molar-refractivity contribution in [1.29, 1.82) is 0 Å². The first kappa shape index (κ1) is 16.9. The van der Waals surface area contributed by atoms with Crippen molar-refractivity contribution in [3.63, 3.8) is 0 Å². The van der Waals surface area contributed by atoms with Crippen LogP contribution >= 0.6 is 19.8 Å². The normalized spacial score (nSPS) is 12.9. The van der Waals surface area contributed by atoms with Gasteiger partial charge in [0.1, 0.15) is 0 Å². The molecule has 0 radical (unpaired) electrons. The zero-order chi connectivity index (χ0) is 15.0. The topological polar surface area (TPSA) is 71.0 Å². The highest BCUT2D eigenvalue weighted by Gasteiger charge is 2.18. The average Bonchev–Trinajstić information content (AvgIpc) is 2.41. The Kier molecular flexibility index (Phi) is 7.52. The fraction of sp³-hybridized carbons (Fsp3) is 0.462. The van der Waals surface area contributed by atoms with Gasteiger partial charge in [0.2, 0.25) is 5.75 Å². The number of para-hydroxylation sites is 1. The van der Waals surface area contributed by atoms with Crippen molar-refractivity contribution >= 4 is 25.7 Å². The van der Waals surface area contributed by atoms with Crippen molar-refractivity contribution in [2.75, 3.05) is 6.61 Å². The van der Waals surface area contributed by atoms with E-state index >= 15 is 0 Å². The fourth-order valence-corrected chi connectivity index (χ4v) is 2.23. The molecule has 0 aliphatic heterocycles. The SMILES string of the molecule is CCCCOC(=O)[C@H](C)N=[P+]([O-])Oc1ccccc1Cl. The summed E-state index contributed by atoms with van der Waals surface area (Å²) in [4.78, 5) is 23.2. The summed E-state index contributed by atoms with van der Waals surface area (Å²) in [7, 11) is -2.37. The molecule has 0 fully saturated rings. The Labute approximate surface area is 124 Å². The van der Waals surface area contributed by atoms with Gasteiger partial charge >= 0.3 is 14.1 Å². The molecular weight excluding hydrogens is 301 g/mol. The third-order valence-corrected chi connectivity index (χ3v) is 3.56. The van der Waals surface area contributed by atoms with E-state index in [1.54, 1.807) is 24.3 Å². The van der Waals surface area contributed by atoms with Crippen LogP contribution in [0.2, 0.25) is 5.02 Å². The van der Waals surface area contributed by atoms with Crippen LogP contribution in [0, 0.1) is 0 Å². The lowest BCUT2D eigenvalue weighted by Crippen LogP contribution is -2.19. The van der Waals surface area contributed by atoms with Gasteiger partial charge in [-0.15, -0.1) is 0 Å². The van der Waals surface area contributed by atoms with Crippen LogP contribution in [0.25, 0.3) is 0 Å². The van der Waals surface area contributed by atoms with Crippen LogP contribution in [0.4, 0.5) is 0 Å². The Balaban J connectivity index is 2.55. The summed E-state index contributed by atoms with van der Waals surface area (Å²) in [5.41, 5.74) is 0. The molecule has 0 aliphatic rings. The molecule has 1 rings (SSSR count). The van der Waals surface area contributed by atoms with E-state index in [0.717, 1.165) is 12.8 Å². The molecule has 0 aromatic heterocycles. The highest BCUT2D eigenvalue weighted by molar-refractivity contribution is 7.34. The van der Waals surface area contributed by atoms with E-state index in [1.165, 1.54) is 6.92 Å². The first-order valence-electron chi connectivity index (χ1n) is 6.31. The number of halogens is 1. The molecule has 20 heavy (non-hydrogen) atoms. The monoisotopic (exact) mass is 317 g/mol. The molecule has 1 aromatic rings. The van der Waals surface area contributed by atoms with Crippen LogP contribution in [0.3, 0.4) is 0 Å². The summed E-state index contributed by atoms with van der Waals surface area (Å²) in [6.45, 7) is 3.85. The lowest BCUT2D eigenvalue weighted by molar-refractivity contribution is -0.169. The molecule has 5 nitrogen and oxygen atoms in total. The number of esters is 1. The van der Waals surface area contributed by atoms with Gasteiger partial charge in [0.25, 0.3) is 0 Å². The maximum absolute atomic E-state index is 11.7. The Hall–Kier alpha value is -1.16. The predicted molar refractivity (Wildman–Crippen MR) is 76.8 cm³/mol. The standard InChI is InChI=1S/C13H17ClNO4P/c1-3-4-9-18-13(16)10(2)15-20(17)19-12-8-6-5-7-11(12)14/h5-8,10H,3-4,9H2,1-2H3/t10-/m0/s1. The summed E-state index contributed by atoms with van der Waals surface area (Å²) >= 11 is 5.87. The molecular formula is C13H17ClNO4P. The minimum absolute atomic E-state index is 0.269. The first-order chi connectivity index (χ1) is 9.54. The highest BCUT2D eigenvalue weighted by atomic mass is 35.5. The van der Waals surface area contributed by atoms with Gasteiger partial charge in [-0.25, -0.2) is 4.79 Å². The summed E-state index contributed by atoms with van der Waals surface area (Å²) in [5, 5.41) is 0.337. The lowest BCUT2D eigenvalue weighted by atomic mass is 10.3. The number of benzene rings is 1. The van der Waals surface area contributed by atoms with E-state index in [-0.39, 0.29) is 5.75 Å². The molecule has 2 atom stereocenters. The quantitative estimate of drug-likeness (QED) is 0.439. The number of ether oxygens (including phenoxy) is 1. The Morgan fingerprint density at radius 3 is 2.85 bits per heavy atom. The van der Waals surface area contributed by atoms with Gasteiger partial charge in [0.15, 0.2) is 6.04 Å². The summed E-state index contributed by atoms with van der Waals surface area (Å²) in [5.74, 6) is -0.241. The number of unbranched alkanes of at least 4 members (excludes halogenated alkanes) is 1. The Morgan fingerprint density at radius 2 is 2.20 bits per heavy atom. The van der Waals surface area contributed by atoms with Crippen LogP contribution in [-0.2, 0) is 9.53 Å². The van der Waals surface area contributed by atoms with E-state index in [9.17, 15) is 9.69 Å². The van der Waals surface area contributed by atoms with Gasteiger partial charge in [0, 0.05) is 0 Å². The second-order valence-electron chi connectivity index (χ2n) is 4.07. The molecule has 1 aromatic carbocycles. The molecule has 0 bridgehead atoms. The number of hydrogen-bond donors (Lipinski definition) is 0. The van der Waals surface area contributed by atoms with E-state index < -0.39 is 20.2 Å². The first-order valence-corrected chi connectivity index (χ1v) is 7.82. The molecule has 0 saturated carbocycles. The number of carbonyl (C=O) groups excluding carboxylic acids is 1. The van der Waals surface area contributed by atoms with Crippen LogP contribution in [0.5, 0.6) is 5.75 Å². The van der Waals surface area contributed by atoms with Crippen molar-refractivity contribution < 1.29 is 18.9 Å². The molecule has 110 valence electrons. The zero-order valence-electron chi connectivity index (χ0n) is 11.4. The van der Waals surface area contributed by atoms with Gasteiger partial charge in [0.05, 0.1) is 11.6 Å². The van der Waals surface area contributed by atoms with E-state index in [4.69, 9.17) is 20.9 Å². The largest absolute Gasteiger partial charge is 0.575 e. The third-order valence-electron chi connectivity index (χ3n) is 2.36. The smallest absolute Gasteiger partial charge is 0.395 e. The second kappa shape index (κ2) is 8.90. The van der Waals surface area contributed by atoms with Crippen molar-refractivity contribution in [3.05, 3.63) is 29.3 Å². The zero-order valence-corrected chi connectivity index (χ0v) is 13.1. The van der Waals surface area contributed by atoms with Crippen molar-refractivity contribution in [2.45, 2.75) is 32.7 Å². The molecule has 1 unspecified atom stereocenters. The van der Waals surface area contributed by atoms with Gasteiger partial charge in [-0.05, 0) is 25.5 Å². The second-order valence-corrected chi connectivity index (χ2v) is 5.37. The molecule has 7 heteroatoms. The molecule has 0 N–H and O–H groups in total. The maximum Gasteiger partial charge on any atom is 0.395 e. The van der Waals surface area contributed by atoms with Crippen molar-refractivity contribution in [1.82, 2.24) is 0 Å². The Bertz CT molecular complexity index is 481. The van der Waals surface area contributed by atoms with Crippen LogP contribution < -0.4 is 9.42 Å². The fourth-order valence-electron chi connectivity index (χ4n) is 1.25. The summed E-state index contributed by atoms with van der Waals surface area (Å²) in [6.07, 6.45) is 1.73. The molecule has 0 heterocycles. The molecule has 0 spiro atoms. The number of hydrogen-bond acceptors (Lipinski definition) is 5. The minimum Gasteiger partial charge on any atom is -0.575 e. The highest BCUT2D eigenvalue weighted by Crippen LogP contribution is 2.30. The van der Waals surface area contributed by atoms with Gasteiger partial charge in [-0.2, -0.15) is 0 Å². The maximum atomic E-state index is 11.7. The van der Waals surface area contributed by atoms with E-state index in [2.05, 4.69) is 4.74 Å². The van der Waals surface area contributed by atoms with Gasteiger partial charge in [-0.3, -0.25) is 4.52 Å². The van der Waals surface area contributed by atoms with Crippen LogP contribution in [-0.4, -0.2) is 18.6 Å². The van der Waals surface area contributed by atoms with Crippen LogP contribution in [0.15, 0.2) is 29.0 Å². The molecule has 0 aliphatic carbocycles. The summed E-state index contributed by atoms with van der Waals surface area (Å²) < 4.78 is 13.8. The average molecular weight is 318 g/mol. The molecule has 0 saturated heterocycles. The van der Waals surface area contributed by atoms with Crippen LogP contribution in [0.1, 0.15) is 26.7 Å². The number of nitrogens with zero attached hydrogens (tertiary/aromatic N) is 1. The van der Waals surface area contributed by atoms with Gasteiger partial charge < -0.3 is 9.63 Å². The number of rotatable bonds is 7. The van der Waals surface area contributed by atoms with Gasteiger partial charge in [-0.1, -0.05) is 41.8 Å². The Morgan fingerprint density at radius 1 is 1.50 bits per heavy atom. The lowest BCUT2D eigenvalue weighted by Gasteiger charge is -2.06. The van der Waals surface area contributed by atoms with E-state index in [1.807, 2.05) is 6.92 Å². The number of carbonyl (C=O) groups is 1. The predicted octanol–water partition coefficient (Wildman–Crippen LogP) is 3.31. The minimum atomic E-state index is -2.37. The molecule has 0 amide bonds. The van der Waals surface area contributed by atoms with Crippen molar-refractivity contribution in [2.24, 2.45) is 4.74 Å². The summed E-state index contributed by atoms with van der Waals surface area (Å²) in [6, 6.07) is 5.79.